The molecule has 0 radical (unpaired) electrons. The van der Waals surface area contributed by atoms with Crippen molar-refractivity contribution < 1.29 is 5.11 Å². The second kappa shape index (κ2) is 5.65. The Morgan fingerprint density at radius 3 is 2.94 bits per heavy atom. The van der Waals surface area contributed by atoms with E-state index in [1.165, 1.54) is 12.1 Å². The first-order valence-electron chi connectivity index (χ1n) is 6.65. The lowest BCUT2D eigenvalue weighted by Crippen LogP contribution is -2.41. The molecule has 2 atom stereocenters. The van der Waals surface area contributed by atoms with Gasteiger partial charge in [0.1, 0.15) is 0 Å². The number of rotatable bonds is 4. The summed E-state index contributed by atoms with van der Waals surface area (Å²) < 4.78 is 2.03. The fraction of sp³-hybridized carbons (Fsp3) is 0.769. The van der Waals surface area contributed by atoms with Crippen LogP contribution in [0.25, 0.3) is 0 Å². The van der Waals surface area contributed by atoms with Crippen molar-refractivity contribution in [2.24, 2.45) is 0 Å². The van der Waals surface area contributed by atoms with Crippen LogP contribution in [-0.4, -0.2) is 27.0 Å². The van der Waals surface area contributed by atoms with Crippen LogP contribution in [-0.2, 0) is 13.1 Å². The van der Waals surface area contributed by atoms with Crippen LogP contribution in [0, 0.1) is 6.92 Å². The van der Waals surface area contributed by atoms with Gasteiger partial charge < -0.3 is 10.4 Å². The second-order valence-corrected chi connectivity index (χ2v) is 4.93. The molecule has 0 spiro atoms. The number of aliphatic hydroxyl groups is 1. The van der Waals surface area contributed by atoms with Gasteiger partial charge >= 0.3 is 0 Å². The summed E-state index contributed by atoms with van der Waals surface area (Å²) in [6, 6.07) is 2.37. The highest BCUT2D eigenvalue weighted by atomic mass is 16.3. The van der Waals surface area contributed by atoms with Crippen LogP contribution in [0.2, 0.25) is 0 Å². The molecule has 1 aromatic heterocycles. The molecule has 4 nitrogen and oxygen atoms in total. The summed E-state index contributed by atoms with van der Waals surface area (Å²) in [7, 11) is 0. The van der Waals surface area contributed by atoms with Gasteiger partial charge in [-0.25, -0.2) is 0 Å². The van der Waals surface area contributed by atoms with Gasteiger partial charge in [-0.3, -0.25) is 4.68 Å². The minimum Gasteiger partial charge on any atom is -0.392 e. The molecule has 17 heavy (non-hydrogen) atoms. The lowest BCUT2D eigenvalue weighted by atomic mass is 9.92. The first-order valence-corrected chi connectivity index (χ1v) is 6.65. The van der Waals surface area contributed by atoms with Gasteiger partial charge in [0.2, 0.25) is 0 Å². The van der Waals surface area contributed by atoms with Gasteiger partial charge in [0.15, 0.2) is 0 Å². The predicted octanol–water partition coefficient (Wildman–Crippen LogP) is 1.60. The van der Waals surface area contributed by atoms with E-state index in [0.29, 0.717) is 0 Å². The Labute approximate surface area is 103 Å². The Morgan fingerprint density at radius 2 is 2.24 bits per heavy atom. The molecular weight excluding hydrogens is 214 g/mol. The molecule has 2 rings (SSSR count). The van der Waals surface area contributed by atoms with Crippen LogP contribution in [0.5, 0.6) is 0 Å². The van der Waals surface area contributed by atoms with E-state index in [4.69, 9.17) is 0 Å². The topological polar surface area (TPSA) is 50.1 Å². The van der Waals surface area contributed by atoms with Crippen LogP contribution >= 0.6 is 0 Å². The highest BCUT2D eigenvalue weighted by molar-refractivity contribution is 5.09. The number of nitrogens with zero attached hydrogens (tertiary/aromatic N) is 2. The maximum atomic E-state index is 9.89. The quantitative estimate of drug-likeness (QED) is 0.836. The Hall–Kier alpha value is -0.870. The minimum absolute atomic E-state index is 0.178. The highest BCUT2D eigenvalue weighted by Crippen LogP contribution is 2.18. The third kappa shape index (κ3) is 3.07. The Balaban J connectivity index is 1.92. The largest absolute Gasteiger partial charge is 0.392 e. The first kappa shape index (κ1) is 12.6. The van der Waals surface area contributed by atoms with Crippen molar-refractivity contribution >= 4 is 0 Å². The van der Waals surface area contributed by atoms with Crippen LogP contribution in [0.3, 0.4) is 0 Å². The molecule has 1 aliphatic rings. The number of nitrogens with one attached hydrogen (secondary N) is 1. The molecule has 2 N–H and O–H groups in total. The Kier molecular flexibility index (Phi) is 4.18. The van der Waals surface area contributed by atoms with Crippen LogP contribution in [0.4, 0.5) is 0 Å². The molecule has 0 bridgehead atoms. The lowest BCUT2D eigenvalue weighted by molar-refractivity contribution is 0.0899. The normalized spacial score (nSPS) is 25.1. The van der Waals surface area contributed by atoms with Crippen molar-refractivity contribution in [3.05, 3.63) is 17.5 Å². The van der Waals surface area contributed by atoms with Crippen LogP contribution in [0.1, 0.15) is 44.0 Å². The van der Waals surface area contributed by atoms with E-state index in [1.807, 2.05) is 11.6 Å². The van der Waals surface area contributed by atoms with E-state index in [2.05, 4.69) is 23.4 Å². The molecular formula is C13H23N3O. The summed E-state index contributed by atoms with van der Waals surface area (Å²) >= 11 is 0. The zero-order chi connectivity index (χ0) is 12.3. The van der Waals surface area contributed by atoms with Gasteiger partial charge in [0.05, 0.1) is 17.5 Å². The maximum Gasteiger partial charge on any atom is 0.0693 e. The third-order valence-corrected chi connectivity index (χ3v) is 3.56. The molecule has 1 fully saturated rings. The molecule has 1 aliphatic carbocycles. The summed E-state index contributed by atoms with van der Waals surface area (Å²) in [6.07, 6.45) is 4.22. The smallest absolute Gasteiger partial charge is 0.0693 e. The Morgan fingerprint density at radius 1 is 1.47 bits per heavy atom. The molecule has 1 aromatic rings. The number of hydrogen-bond acceptors (Lipinski definition) is 3. The van der Waals surface area contributed by atoms with Gasteiger partial charge in [0.25, 0.3) is 0 Å². The van der Waals surface area contributed by atoms with Gasteiger partial charge in [-0.2, -0.15) is 5.10 Å². The fourth-order valence-electron chi connectivity index (χ4n) is 2.60. The highest BCUT2D eigenvalue weighted by Gasteiger charge is 2.22. The van der Waals surface area contributed by atoms with Crippen molar-refractivity contribution in [1.82, 2.24) is 15.1 Å². The van der Waals surface area contributed by atoms with E-state index in [9.17, 15) is 5.11 Å². The van der Waals surface area contributed by atoms with Gasteiger partial charge in [-0.1, -0.05) is 12.8 Å². The average molecular weight is 237 g/mol. The Bertz CT molecular complexity index is 362. The summed E-state index contributed by atoms with van der Waals surface area (Å²) in [4.78, 5) is 0. The summed E-state index contributed by atoms with van der Waals surface area (Å²) in [5, 5.41) is 17.8. The zero-order valence-electron chi connectivity index (χ0n) is 10.8. The monoisotopic (exact) mass is 237 g/mol. The van der Waals surface area contributed by atoms with Crippen LogP contribution in [0.15, 0.2) is 6.07 Å². The molecule has 96 valence electrons. The molecule has 1 saturated carbocycles. The summed E-state index contributed by atoms with van der Waals surface area (Å²) in [6.45, 7) is 5.82. The molecule has 0 aliphatic heterocycles. The van der Waals surface area contributed by atoms with E-state index < -0.39 is 0 Å². The van der Waals surface area contributed by atoms with Gasteiger partial charge in [-0.15, -0.1) is 0 Å². The maximum absolute atomic E-state index is 9.89. The minimum atomic E-state index is -0.178. The van der Waals surface area contributed by atoms with Gasteiger partial charge in [-0.05, 0) is 32.8 Å². The molecule has 4 heteroatoms. The van der Waals surface area contributed by atoms with Gasteiger partial charge in [0, 0.05) is 19.1 Å². The number of aliphatic hydroxyl groups excluding tert-OH is 1. The van der Waals surface area contributed by atoms with E-state index in [-0.39, 0.29) is 12.1 Å². The van der Waals surface area contributed by atoms with Crippen molar-refractivity contribution in [2.75, 3.05) is 0 Å². The SMILES string of the molecule is CCn1nc(C)cc1CNC1CCCCC1O. The number of hydrogen-bond donors (Lipinski definition) is 2. The van der Waals surface area contributed by atoms with Crippen molar-refractivity contribution in [2.45, 2.75) is 64.8 Å². The second-order valence-electron chi connectivity index (χ2n) is 4.93. The zero-order valence-corrected chi connectivity index (χ0v) is 10.8. The van der Waals surface area contributed by atoms with E-state index in [1.54, 1.807) is 0 Å². The van der Waals surface area contributed by atoms with Crippen molar-refractivity contribution in [3.63, 3.8) is 0 Å². The molecule has 0 saturated heterocycles. The summed E-state index contributed by atoms with van der Waals surface area (Å²) in [5.74, 6) is 0. The first-order chi connectivity index (χ1) is 8.20. The third-order valence-electron chi connectivity index (χ3n) is 3.56. The number of aryl methyl sites for hydroxylation is 2. The van der Waals surface area contributed by atoms with E-state index >= 15 is 0 Å². The fourth-order valence-corrected chi connectivity index (χ4v) is 2.60. The van der Waals surface area contributed by atoms with Crippen molar-refractivity contribution in [3.8, 4) is 0 Å². The summed E-state index contributed by atoms with van der Waals surface area (Å²) in [5.41, 5.74) is 2.27. The molecule has 0 aromatic carbocycles. The molecule has 2 unspecified atom stereocenters. The predicted molar refractivity (Wildman–Crippen MR) is 67.7 cm³/mol. The average Bonchev–Trinajstić information content (AvgIpc) is 2.69. The molecule has 1 heterocycles. The lowest BCUT2D eigenvalue weighted by Gasteiger charge is -2.28. The standard InChI is InChI=1S/C13H23N3O/c1-3-16-11(8-10(2)15-16)9-14-12-6-4-5-7-13(12)17/h8,12-14,17H,3-7,9H2,1-2H3. The van der Waals surface area contributed by atoms with E-state index in [0.717, 1.165) is 38.0 Å². The molecule has 0 amide bonds. The van der Waals surface area contributed by atoms with Crippen molar-refractivity contribution in [1.29, 1.82) is 0 Å². The van der Waals surface area contributed by atoms with Crippen LogP contribution < -0.4 is 5.32 Å². The number of aromatic nitrogens is 2.